The van der Waals surface area contributed by atoms with Crippen LogP contribution in [-0.4, -0.2) is 39.9 Å². The zero-order chi connectivity index (χ0) is 51.5. The lowest BCUT2D eigenvalue weighted by molar-refractivity contribution is 1.31. The molecule has 0 amide bonds. The summed E-state index contributed by atoms with van der Waals surface area (Å²) in [5.74, 6) is 0. The van der Waals surface area contributed by atoms with Gasteiger partial charge in [-0.3, -0.25) is 0 Å². The van der Waals surface area contributed by atoms with E-state index < -0.39 is 0 Å². The molecule has 0 fully saturated rings. The highest BCUT2D eigenvalue weighted by molar-refractivity contribution is 6.01. The van der Waals surface area contributed by atoms with Crippen molar-refractivity contribution < 1.29 is 0 Å². The van der Waals surface area contributed by atoms with Crippen molar-refractivity contribution in [2.24, 2.45) is 0 Å². The van der Waals surface area contributed by atoms with Gasteiger partial charge in [0.25, 0.3) is 0 Å². The number of fused-ring (bicyclic) bond motifs is 16. The topological polar surface area (TPSA) is 115 Å². The largest absolute Gasteiger partial charge is 0.355 e. The normalized spacial score (nSPS) is 12.4. The summed E-state index contributed by atoms with van der Waals surface area (Å²) in [7, 11) is 0. The summed E-state index contributed by atoms with van der Waals surface area (Å²) in [6.07, 6.45) is 17.0. The number of aromatic nitrogens is 8. The van der Waals surface area contributed by atoms with E-state index in [0.717, 1.165) is 156 Å². The van der Waals surface area contributed by atoms with Crippen LogP contribution < -0.4 is 0 Å². The lowest BCUT2D eigenvalue weighted by atomic mass is 9.98. The second-order valence-electron chi connectivity index (χ2n) is 19.7. The molecule has 0 atom stereocenters. The molecule has 11 aromatic rings. The fourth-order valence-electron chi connectivity index (χ4n) is 11.3. The Morgan fingerprint density at radius 3 is 0.756 bits per heavy atom. The standard InChI is InChI=1S/C70H46N8/c1-5-13-43(14-6-1)65-53-29-25-49(71-53)41-50-26-30-54(72-50)66(44-15-7-2-8-16-44)58-34-38-62(76-58)69(61-37-33-57(65)75-61)47-21-23-48(24-22-47)70-63-39-35-59(77-63)67(45-17-9-3-10-18-45)55-31-27-51(73-55)42-52-28-32-56(74-52)68(46-19-11-4-12-20-46)60-36-40-64(70)78-60/h1-42,71,73,76,78H. The van der Waals surface area contributed by atoms with E-state index in [4.69, 9.17) is 19.9 Å². The summed E-state index contributed by atoms with van der Waals surface area (Å²) in [5.41, 5.74) is 26.8. The van der Waals surface area contributed by atoms with Crippen LogP contribution in [0.15, 0.2) is 206 Å². The Hall–Kier alpha value is -10.7. The lowest BCUT2D eigenvalue weighted by Crippen LogP contribution is -1.90. The highest BCUT2D eigenvalue weighted by Crippen LogP contribution is 2.40. The summed E-state index contributed by atoms with van der Waals surface area (Å²) in [4.78, 5) is 36.7. The molecule has 0 saturated carbocycles. The molecule has 4 N–H and O–H groups in total. The molecule has 8 nitrogen and oxygen atoms in total. The van der Waals surface area contributed by atoms with Crippen LogP contribution in [0.5, 0.6) is 0 Å². The van der Waals surface area contributed by atoms with E-state index in [2.05, 4.69) is 251 Å². The Bertz CT molecular complexity index is 4310. The maximum atomic E-state index is 5.53. The maximum absolute atomic E-state index is 5.53. The minimum absolute atomic E-state index is 0.844. The second-order valence-corrected chi connectivity index (χ2v) is 19.7. The average Bonchev–Trinajstić information content (AvgIpc) is 4.46. The van der Waals surface area contributed by atoms with Crippen molar-refractivity contribution in [3.8, 4) is 66.8 Å². The third kappa shape index (κ3) is 8.04. The van der Waals surface area contributed by atoms with E-state index in [-0.39, 0.29) is 0 Å². The first-order chi connectivity index (χ1) is 38.6. The fraction of sp³-hybridized carbons (Fsp3) is 0. The highest BCUT2D eigenvalue weighted by Gasteiger charge is 2.20. The van der Waals surface area contributed by atoms with Crippen LogP contribution >= 0.6 is 0 Å². The summed E-state index contributed by atoms with van der Waals surface area (Å²) >= 11 is 0. The van der Waals surface area contributed by atoms with Crippen LogP contribution in [0.3, 0.4) is 0 Å². The van der Waals surface area contributed by atoms with Gasteiger partial charge in [0.2, 0.25) is 0 Å². The SMILES string of the molecule is C1=Cc2nc1cc1ccc([nH]1)c(-c1ccccc1)c1nc(c(-c3ccc(-c4c5nc(c(-c6ccccc6)c6ccc(cc7nc(c(-c8ccccc8)c8ccc4[nH]8)C=C7)[nH]6)C=C5)cc3)c3ccc([nH]3)c2-c2ccccc2)C=C1. The zero-order valence-corrected chi connectivity index (χ0v) is 42.0. The Kier molecular flexibility index (Phi) is 10.7. The quantitative estimate of drug-likeness (QED) is 0.133. The van der Waals surface area contributed by atoms with Crippen LogP contribution in [-0.2, 0) is 0 Å². The van der Waals surface area contributed by atoms with Crippen LogP contribution in [0.4, 0.5) is 0 Å². The first kappa shape index (κ1) is 44.8. The van der Waals surface area contributed by atoms with Gasteiger partial charge in [0.1, 0.15) is 0 Å². The number of hydrogen-bond acceptors (Lipinski definition) is 4. The van der Waals surface area contributed by atoms with Gasteiger partial charge in [-0.2, -0.15) is 0 Å². The van der Waals surface area contributed by atoms with Crippen LogP contribution in [0, 0.1) is 0 Å². The second kappa shape index (κ2) is 18.6. The van der Waals surface area contributed by atoms with Gasteiger partial charge in [0.05, 0.1) is 45.6 Å². The van der Waals surface area contributed by atoms with E-state index in [1.54, 1.807) is 0 Å². The summed E-state index contributed by atoms with van der Waals surface area (Å²) in [5, 5.41) is 0. The molecule has 5 aromatic carbocycles. The molecule has 0 radical (unpaired) electrons. The summed E-state index contributed by atoms with van der Waals surface area (Å²) in [6, 6.07) is 72.2. The third-order valence-corrected chi connectivity index (χ3v) is 14.9. The van der Waals surface area contributed by atoms with Crippen molar-refractivity contribution in [2.45, 2.75) is 0 Å². The van der Waals surface area contributed by atoms with Gasteiger partial charge >= 0.3 is 0 Å². The van der Waals surface area contributed by atoms with E-state index in [9.17, 15) is 0 Å². The molecule has 10 heterocycles. The first-order valence-electron chi connectivity index (χ1n) is 26.2. The maximum Gasteiger partial charge on any atom is 0.0737 e. The van der Waals surface area contributed by atoms with Crippen LogP contribution in [0.2, 0.25) is 0 Å². The molecule has 0 unspecified atom stereocenters. The molecule has 8 heteroatoms. The molecular weight excluding hydrogens is 953 g/mol. The van der Waals surface area contributed by atoms with E-state index in [0.29, 0.717) is 0 Å². The minimum Gasteiger partial charge on any atom is -0.355 e. The third-order valence-electron chi connectivity index (χ3n) is 14.9. The number of benzene rings is 5. The highest BCUT2D eigenvalue weighted by atomic mass is 14.8. The molecule has 15 rings (SSSR count). The van der Waals surface area contributed by atoms with E-state index >= 15 is 0 Å². The number of aromatic amines is 4. The molecule has 366 valence electrons. The molecule has 4 aliphatic heterocycles. The monoisotopic (exact) mass is 998 g/mol. The van der Waals surface area contributed by atoms with Crippen LogP contribution in [0.25, 0.3) is 160 Å². The number of hydrogen-bond donors (Lipinski definition) is 4. The van der Waals surface area contributed by atoms with Crippen molar-refractivity contribution in [2.75, 3.05) is 0 Å². The van der Waals surface area contributed by atoms with Gasteiger partial charge in [-0.25, -0.2) is 19.9 Å². The molecular formula is C70H46N8. The molecule has 6 aromatic heterocycles. The van der Waals surface area contributed by atoms with Crippen molar-refractivity contribution in [1.82, 2.24) is 39.9 Å². The van der Waals surface area contributed by atoms with E-state index in [1.807, 2.05) is 24.3 Å². The summed E-state index contributed by atoms with van der Waals surface area (Å²) < 4.78 is 0. The minimum atomic E-state index is 0.844. The molecule has 16 bridgehead atoms. The van der Waals surface area contributed by atoms with Gasteiger partial charge in [0.15, 0.2) is 0 Å². The number of nitrogens with zero attached hydrogens (tertiary/aromatic N) is 4. The molecule has 0 saturated heterocycles. The Morgan fingerprint density at radius 1 is 0.205 bits per heavy atom. The summed E-state index contributed by atoms with van der Waals surface area (Å²) in [6.45, 7) is 0. The van der Waals surface area contributed by atoms with Gasteiger partial charge in [-0.1, -0.05) is 146 Å². The Balaban J connectivity index is 0.992. The zero-order valence-electron chi connectivity index (χ0n) is 42.0. The van der Waals surface area contributed by atoms with Crippen molar-refractivity contribution >= 4 is 92.7 Å². The van der Waals surface area contributed by atoms with Gasteiger partial charge in [0, 0.05) is 77.5 Å². The predicted octanol–water partition coefficient (Wildman–Crippen LogP) is 17.6. The number of H-pyrrole nitrogens is 4. The Labute approximate surface area is 449 Å². The Morgan fingerprint density at radius 2 is 0.449 bits per heavy atom. The van der Waals surface area contributed by atoms with Gasteiger partial charge < -0.3 is 19.9 Å². The average molecular weight is 999 g/mol. The van der Waals surface area contributed by atoms with Gasteiger partial charge in [-0.15, -0.1) is 0 Å². The predicted molar refractivity (Wildman–Crippen MR) is 324 cm³/mol. The molecule has 0 aliphatic carbocycles. The van der Waals surface area contributed by atoms with Crippen molar-refractivity contribution in [3.63, 3.8) is 0 Å². The smallest absolute Gasteiger partial charge is 0.0737 e. The van der Waals surface area contributed by atoms with Crippen molar-refractivity contribution in [3.05, 3.63) is 252 Å². The molecule has 4 aliphatic rings. The fourth-order valence-corrected chi connectivity index (χ4v) is 11.3. The van der Waals surface area contributed by atoms with E-state index in [1.165, 1.54) is 0 Å². The van der Waals surface area contributed by atoms with Crippen LogP contribution in [0.1, 0.15) is 45.6 Å². The van der Waals surface area contributed by atoms with Gasteiger partial charge in [-0.05, 0) is 143 Å². The first-order valence-corrected chi connectivity index (χ1v) is 26.2. The van der Waals surface area contributed by atoms with Crippen molar-refractivity contribution in [1.29, 1.82) is 0 Å². The number of rotatable bonds is 6. The molecule has 78 heavy (non-hydrogen) atoms. The lowest BCUT2D eigenvalue weighted by Gasteiger charge is -2.09. The number of nitrogens with one attached hydrogen (secondary N) is 4. The molecule has 0 spiro atoms.